The molecule has 6 nitrogen and oxygen atoms in total. The highest BCUT2D eigenvalue weighted by molar-refractivity contribution is 14.0. The Bertz CT molecular complexity index is 507. The standard InChI is InChI=1S/C21H40N4O2.HI/c1-6-15(7-2)17(25-9-12-26-13-10-25)14-23-20(22-5)24-18-16-8-11-27-19(16)21(18,3)4;/h15-19H,6-14H2,1-5H3,(H2,22,23,24);1H. The molecule has 2 aliphatic heterocycles. The molecule has 2 saturated heterocycles. The smallest absolute Gasteiger partial charge is 0.191 e. The van der Waals surface area contributed by atoms with Crippen LogP contribution >= 0.6 is 24.0 Å². The van der Waals surface area contributed by atoms with E-state index in [1.165, 1.54) is 12.8 Å². The van der Waals surface area contributed by atoms with Crippen molar-refractivity contribution in [3.63, 3.8) is 0 Å². The van der Waals surface area contributed by atoms with Gasteiger partial charge in [-0.05, 0) is 12.3 Å². The Balaban J connectivity index is 0.00000280. The molecule has 2 heterocycles. The molecule has 0 amide bonds. The summed E-state index contributed by atoms with van der Waals surface area (Å²) in [6.07, 6.45) is 3.98. The van der Waals surface area contributed by atoms with Gasteiger partial charge in [0, 0.05) is 56.7 Å². The van der Waals surface area contributed by atoms with Gasteiger partial charge in [-0.25, -0.2) is 0 Å². The fraction of sp³-hybridized carbons (Fsp3) is 0.952. The average Bonchev–Trinajstić information content (AvgIpc) is 3.15. The number of halogens is 1. The van der Waals surface area contributed by atoms with Gasteiger partial charge in [-0.1, -0.05) is 40.5 Å². The van der Waals surface area contributed by atoms with Gasteiger partial charge in [0.1, 0.15) is 0 Å². The largest absolute Gasteiger partial charge is 0.379 e. The number of nitrogens with zero attached hydrogens (tertiary/aromatic N) is 2. The van der Waals surface area contributed by atoms with E-state index in [2.05, 4.69) is 48.2 Å². The molecule has 4 atom stereocenters. The van der Waals surface area contributed by atoms with Crippen LogP contribution in [0.2, 0.25) is 0 Å². The third kappa shape index (κ3) is 4.95. The molecule has 0 aromatic carbocycles. The quantitative estimate of drug-likeness (QED) is 0.315. The minimum Gasteiger partial charge on any atom is -0.379 e. The number of aliphatic imine (C=N–C) groups is 1. The topological polar surface area (TPSA) is 58.1 Å². The van der Waals surface area contributed by atoms with Crippen molar-refractivity contribution in [1.29, 1.82) is 0 Å². The van der Waals surface area contributed by atoms with Crippen molar-refractivity contribution < 1.29 is 9.47 Å². The van der Waals surface area contributed by atoms with Crippen LogP contribution in [0.15, 0.2) is 4.99 Å². The lowest BCUT2D eigenvalue weighted by molar-refractivity contribution is -0.106. The molecule has 0 bridgehead atoms. The van der Waals surface area contributed by atoms with Crippen molar-refractivity contribution in [3.05, 3.63) is 0 Å². The van der Waals surface area contributed by atoms with Gasteiger partial charge in [-0.15, -0.1) is 24.0 Å². The zero-order chi connectivity index (χ0) is 19.4. The Kier molecular flexibility index (Phi) is 9.29. The minimum absolute atomic E-state index is 0. The number of rotatable bonds is 7. The van der Waals surface area contributed by atoms with E-state index in [4.69, 9.17) is 9.47 Å². The summed E-state index contributed by atoms with van der Waals surface area (Å²) in [5.74, 6) is 2.25. The Hall–Kier alpha value is -0.120. The first-order valence-corrected chi connectivity index (χ1v) is 10.9. The molecule has 3 rings (SSSR count). The Morgan fingerprint density at radius 3 is 2.46 bits per heavy atom. The van der Waals surface area contributed by atoms with Crippen LogP contribution in [0.3, 0.4) is 0 Å². The fourth-order valence-electron chi connectivity index (χ4n) is 5.50. The van der Waals surface area contributed by atoms with Crippen molar-refractivity contribution in [1.82, 2.24) is 15.5 Å². The van der Waals surface area contributed by atoms with E-state index in [0.29, 0.717) is 30.0 Å². The number of fused-ring (bicyclic) bond motifs is 1. The molecule has 0 aromatic rings. The summed E-state index contributed by atoms with van der Waals surface area (Å²) < 4.78 is 11.5. The zero-order valence-corrected chi connectivity index (χ0v) is 20.7. The highest BCUT2D eigenvalue weighted by Gasteiger charge is 2.59. The van der Waals surface area contributed by atoms with E-state index in [9.17, 15) is 0 Å². The highest BCUT2D eigenvalue weighted by atomic mass is 127. The molecule has 4 unspecified atom stereocenters. The second-order valence-corrected chi connectivity index (χ2v) is 8.93. The third-order valence-electron chi connectivity index (χ3n) is 7.20. The summed E-state index contributed by atoms with van der Waals surface area (Å²) in [6, 6.07) is 0.964. The van der Waals surface area contributed by atoms with Crippen molar-refractivity contribution >= 4 is 29.9 Å². The first-order chi connectivity index (χ1) is 13.0. The summed E-state index contributed by atoms with van der Waals surface area (Å²) >= 11 is 0. The monoisotopic (exact) mass is 508 g/mol. The maximum Gasteiger partial charge on any atom is 0.191 e. The lowest BCUT2D eigenvalue weighted by Gasteiger charge is -2.55. The molecule has 164 valence electrons. The molecule has 7 heteroatoms. The van der Waals surface area contributed by atoms with Crippen LogP contribution in [0, 0.1) is 17.3 Å². The minimum atomic E-state index is 0. The molecule has 0 spiro atoms. The van der Waals surface area contributed by atoms with E-state index in [1.54, 1.807) is 0 Å². The second-order valence-electron chi connectivity index (χ2n) is 8.93. The Labute approximate surface area is 188 Å². The second kappa shape index (κ2) is 10.8. The molecular weight excluding hydrogens is 467 g/mol. The zero-order valence-electron chi connectivity index (χ0n) is 18.4. The molecule has 3 fully saturated rings. The van der Waals surface area contributed by atoms with E-state index >= 15 is 0 Å². The summed E-state index contributed by atoms with van der Waals surface area (Å²) in [5.41, 5.74) is 0.164. The lowest BCUT2D eigenvalue weighted by Crippen LogP contribution is -2.68. The van der Waals surface area contributed by atoms with Gasteiger partial charge >= 0.3 is 0 Å². The summed E-state index contributed by atoms with van der Waals surface area (Å²) in [7, 11) is 1.88. The van der Waals surface area contributed by atoms with Crippen LogP contribution in [0.4, 0.5) is 0 Å². The van der Waals surface area contributed by atoms with E-state index in [-0.39, 0.29) is 29.4 Å². The molecular formula is C21H41IN4O2. The Morgan fingerprint density at radius 2 is 1.86 bits per heavy atom. The van der Waals surface area contributed by atoms with Crippen molar-refractivity contribution in [2.75, 3.05) is 46.5 Å². The maximum absolute atomic E-state index is 5.93. The van der Waals surface area contributed by atoms with E-state index < -0.39 is 0 Å². The van der Waals surface area contributed by atoms with Crippen LogP contribution in [-0.2, 0) is 9.47 Å². The van der Waals surface area contributed by atoms with Crippen molar-refractivity contribution in [3.8, 4) is 0 Å². The number of hydrogen-bond donors (Lipinski definition) is 2. The normalized spacial score (nSPS) is 30.9. The summed E-state index contributed by atoms with van der Waals surface area (Å²) in [6.45, 7) is 14.8. The van der Waals surface area contributed by atoms with Crippen molar-refractivity contribution in [2.24, 2.45) is 22.2 Å². The number of ether oxygens (including phenoxy) is 2. The van der Waals surface area contributed by atoms with Crippen LogP contribution in [0.5, 0.6) is 0 Å². The molecule has 0 aromatic heterocycles. The number of hydrogen-bond acceptors (Lipinski definition) is 4. The fourth-order valence-corrected chi connectivity index (χ4v) is 5.50. The van der Waals surface area contributed by atoms with E-state index in [0.717, 1.165) is 51.8 Å². The molecule has 1 saturated carbocycles. The highest BCUT2D eigenvalue weighted by Crippen LogP contribution is 2.52. The lowest BCUT2D eigenvalue weighted by atomic mass is 9.57. The van der Waals surface area contributed by atoms with Gasteiger partial charge in [-0.2, -0.15) is 0 Å². The number of guanidine groups is 1. The first-order valence-electron chi connectivity index (χ1n) is 10.9. The molecule has 1 aliphatic carbocycles. The maximum atomic E-state index is 5.93. The van der Waals surface area contributed by atoms with Gasteiger partial charge in [0.05, 0.1) is 19.3 Å². The summed E-state index contributed by atoms with van der Waals surface area (Å²) in [5, 5.41) is 7.36. The van der Waals surface area contributed by atoms with Gasteiger partial charge in [-0.3, -0.25) is 9.89 Å². The van der Waals surface area contributed by atoms with Crippen LogP contribution in [0.25, 0.3) is 0 Å². The Morgan fingerprint density at radius 1 is 1.18 bits per heavy atom. The van der Waals surface area contributed by atoms with Crippen molar-refractivity contribution in [2.45, 2.75) is 65.1 Å². The van der Waals surface area contributed by atoms with Crippen LogP contribution in [0.1, 0.15) is 47.0 Å². The molecule has 2 N–H and O–H groups in total. The van der Waals surface area contributed by atoms with Crippen LogP contribution < -0.4 is 10.6 Å². The van der Waals surface area contributed by atoms with Gasteiger partial charge in [0.2, 0.25) is 0 Å². The summed E-state index contributed by atoms with van der Waals surface area (Å²) in [4.78, 5) is 7.13. The number of nitrogens with one attached hydrogen (secondary N) is 2. The SMILES string of the molecule is CCC(CC)C(CNC(=NC)NC1C2CCOC2C1(C)C)N1CCOCC1.I. The third-order valence-corrected chi connectivity index (χ3v) is 7.20. The first kappa shape index (κ1) is 24.2. The molecule has 0 radical (unpaired) electrons. The molecule has 28 heavy (non-hydrogen) atoms. The van der Waals surface area contributed by atoms with Crippen LogP contribution in [-0.4, -0.2) is 75.5 Å². The predicted octanol–water partition coefficient (Wildman–Crippen LogP) is 2.72. The average molecular weight is 508 g/mol. The molecule has 3 aliphatic rings. The number of morpholine rings is 1. The van der Waals surface area contributed by atoms with Gasteiger partial charge in [0.25, 0.3) is 0 Å². The van der Waals surface area contributed by atoms with E-state index in [1.807, 2.05) is 7.05 Å². The van der Waals surface area contributed by atoms with Gasteiger partial charge in [0.15, 0.2) is 5.96 Å². The van der Waals surface area contributed by atoms with Gasteiger partial charge < -0.3 is 20.1 Å². The predicted molar refractivity (Wildman–Crippen MR) is 126 cm³/mol.